The van der Waals surface area contributed by atoms with Gasteiger partial charge in [-0.15, -0.1) is 22.7 Å². The maximum absolute atomic E-state index is 11.1. The summed E-state index contributed by atoms with van der Waals surface area (Å²) < 4.78 is 16.8. The molecule has 0 radical (unpaired) electrons. The number of carboxylic acids is 1. The highest BCUT2D eigenvalue weighted by Gasteiger charge is 2.26. The Balaban J connectivity index is 1.36. The molecule has 1 atom stereocenters. The number of aliphatic carboxylic acids is 1. The Morgan fingerprint density at radius 1 is 1.11 bits per heavy atom. The van der Waals surface area contributed by atoms with E-state index in [2.05, 4.69) is 4.90 Å². The Labute approximate surface area is 170 Å². The van der Waals surface area contributed by atoms with Gasteiger partial charge >= 0.3 is 5.97 Å². The van der Waals surface area contributed by atoms with E-state index < -0.39 is 12.1 Å². The number of benzene rings is 1. The van der Waals surface area contributed by atoms with Crippen molar-refractivity contribution in [1.29, 1.82) is 0 Å². The topological polar surface area (TPSA) is 68.2 Å². The van der Waals surface area contributed by atoms with Crippen molar-refractivity contribution in [3.63, 3.8) is 0 Å². The number of nitrogens with zero attached hydrogens (tertiary/aromatic N) is 1. The zero-order valence-corrected chi connectivity index (χ0v) is 16.8. The first-order valence-electron chi connectivity index (χ1n) is 8.73. The molecule has 2 aromatic heterocycles. The van der Waals surface area contributed by atoms with Crippen molar-refractivity contribution >= 4 is 38.6 Å². The predicted molar refractivity (Wildman–Crippen MR) is 110 cm³/mol. The van der Waals surface area contributed by atoms with Gasteiger partial charge in [-0.2, -0.15) is 0 Å². The van der Waals surface area contributed by atoms with Crippen molar-refractivity contribution in [3.8, 4) is 17.2 Å². The third-order valence-electron chi connectivity index (χ3n) is 4.42. The second kappa shape index (κ2) is 8.22. The lowest BCUT2D eigenvalue weighted by Crippen LogP contribution is -2.25. The molecule has 3 heterocycles. The van der Waals surface area contributed by atoms with E-state index in [0.717, 1.165) is 32.8 Å². The first-order valence-corrected chi connectivity index (χ1v) is 10.5. The number of hydrogen-bond donors (Lipinski definition) is 1. The van der Waals surface area contributed by atoms with Crippen LogP contribution in [0.4, 0.5) is 10.0 Å². The molecule has 146 valence electrons. The van der Waals surface area contributed by atoms with Crippen molar-refractivity contribution in [2.45, 2.75) is 12.5 Å². The van der Waals surface area contributed by atoms with Gasteiger partial charge in [-0.1, -0.05) is 12.1 Å². The number of carbonyl (C=O) groups is 1. The van der Waals surface area contributed by atoms with Crippen molar-refractivity contribution in [1.82, 2.24) is 0 Å². The van der Waals surface area contributed by atoms with Crippen LogP contribution in [-0.2, 0) is 16.0 Å². The molecule has 0 spiro atoms. The maximum Gasteiger partial charge on any atom is 0.333 e. The molecule has 6 nitrogen and oxygen atoms in total. The van der Waals surface area contributed by atoms with Crippen LogP contribution in [0.25, 0.3) is 0 Å². The fourth-order valence-corrected chi connectivity index (χ4v) is 4.77. The second-order valence-corrected chi connectivity index (χ2v) is 7.98. The third kappa shape index (κ3) is 3.84. The molecular formula is C20H19NO5S2. The molecule has 0 aliphatic carbocycles. The average Bonchev–Trinajstić information content (AvgIpc) is 3.35. The van der Waals surface area contributed by atoms with E-state index in [1.165, 1.54) is 7.11 Å². The molecule has 1 aromatic carbocycles. The molecule has 1 aliphatic rings. The Morgan fingerprint density at radius 3 is 2.32 bits per heavy atom. The number of hydrogen-bond acceptors (Lipinski definition) is 7. The molecular weight excluding hydrogens is 398 g/mol. The van der Waals surface area contributed by atoms with Crippen LogP contribution in [0.5, 0.6) is 17.2 Å². The van der Waals surface area contributed by atoms with Crippen LogP contribution >= 0.6 is 22.7 Å². The van der Waals surface area contributed by atoms with Crippen LogP contribution in [0.3, 0.4) is 0 Å². The number of fused-ring (bicyclic) bond motifs is 2. The molecule has 1 unspecified atom stereocenters. The molecule has 0 bridgehead atoms. The van der Waals surface area contributed by atoms with Crippen molar-refractivity contribution in [3.05, 3.63) is 52.7 Å². The summed E-state index contributed by atoms with van der Waals surface area (Å²) in [7, 11) is 1.40. The van der Waals surface area contributed by atoms with E-state index in [9.17, 15) is 4.79 Å². The monoisotopic (exact) mass is 417 g/mol. The molecule has 0 saturated heterocycles. The number of carboxylic acid groups (broad SMARTS) is 1. The summed E-state index contributed by atoms with van der Waals surface area (Å²) in [5, 5.41) is 15.3. The highest BCUT2D eigenvalue weighted by molar-refractivity contribution is 7.17. The minimum atomic E-state index is -0.964. The van der Waals surface area contributed by atoms with Gasteiger partial charge in [0.2, 0.25) is 0 Å². The minimum Gasteiger partial charge on any atom is -0.492 e. The van der Waals surface area contributed by atoms with E-state index in [-0.39, 0.29) is 0 Å². The highest BCUT2D eigenvalue weighted by atomic mass is 32.1. The minimum absolute atomic E-state index is 0.322. The first-order chi connectivity index (χ1) is 13.7. The zero-order valence-electron chi connectivity index (χ0n) is 15.2. The molecule has 0 saturated carbocycles. The zero-order chi connectivity index (χ0) is 19.5. The Hall–Kier alpha value is -2.55. The van der Waals surface area contributed by atoms with Gasteiger partial charge in [0.15, 0.2) is 17.6 Å². The van der Waals surface area contributed by atoms with Gasteiger partial charge in [-0.3, -0.25) is 0 Å². The van der Waals surface area contributed by atoms with Crippen molar-refractivity contribution in [2.75, 3.05) is 25.2 Å². The molecule has 28 heavy (non-hydrogen) atoms. The number of rotatable bonds is 8. The Bertz CT molecular complexity index is 909. The smallest absolute Gasteiger partial charge is 0.333 e. The Morgan fingerprint density at radius 2 is 1.75 bits per heavy atom. The SMILES string of the molecule is COC(Cc1ccc(OCCN2c3sccc3Oc3ccsc32)cc1)C(=O)O. The van der Waals surface area contributed by atoms with Crippen LogP contribution in [0, 0.1) is 0 Å². The summed E-state index contributed by atoms with van der Waals surface area (Å²) in [4.78, 5) is 13.3. The third-order valence-corrected chi connectivity index (χ3v) is 6.25. The highest BCUT2D eigenvalue weighted by Crippen LogP contribution is 2.51. The second-order valence-electron chi connectivity index (χ2n) is 6.19. The van der Waals surface area contributed by atoms with Crippen LogP contribution in [-0.4, -0.2) is 37.4 Å². The van der Waals surface area contributed by atoms with E-state index >= 15 is 0 Å². The van der Waals surface area contributed by atoms with Crippen molar-refractivity contribution in [2.24, 2.45) is 0 Å². The lowest BCUT2D eigenvalue weighted by Gasteiger charge is -2.27. The van der Waals surface area contributed by atoms with E-state index in [0.29, 0.717) is 19.6 Å². The summed E-state index contributed by atoms with van der Waals surface area (Å²) in [6.45, 7) is 1.22. The van der Waals surface area contributed by atoms with Gasteiger partial charge in [0.05, 0.1) is 6.54 Å². The lowest BCUT2D eigenvalue weighted by atomic mass is 10.1. The summed E-state index contributed by atoms with van der Waals surface area (Å²) >= 11 is 3.30. The molecule has 1 aliphatic heterocycles. The molecule has 0 amide bonds. The van der Waals surface area contributed by atoms with Gasteiger partial charge in [-0.25, -0.2) is 4.79 Å². The van der Waals surface area contributed by atoms with Gasteiger partial charge in [0, 0.05) is 13.5 Å². The van der Waals surface area contributed by atoms with E-state index in [1.54, 1.807) is 22.7 Å². The molecule has 8 heteroatoms. The van der Waals surface area contributed by atoms with Crippen LogP contribution in [0.15, 0.2) is 47.2 Å². The van der Waals surface area contributed by atoms with E-state index in [1.807, 2.05) is 47.2 Å². The quantitative estimate of drug-likeness (QED) is 0.569. The average molecular weight is 418 g/mol. The van der Waals surface area contributed by atoms with Crippen LogP contribution in [0.2, 0.25) is 0 Å². The van der Waals surface area contributed by atoms with Gasteiger partial charge < -0.3 is 24.2 Å². The number of methoxy groups -OCH3 is 1. The summed E-state index contributed by atoms with van der Waals surface area (Å²) in [5.41, 5.74) is 0.890. The Kier molecular flexibility index (Phi) is 5.52. The fourth-order valence-electron chi connectivity index (χ4n) is 3.00. The molecule has 0 fully saturated rings. The summed E-state index contributed by atoms with van der Waals surface area (Å²) in [6.07, 6.45) is -0.518. The summed E-state index contributed by atoms with van der Waals surface area (Å²) in [6, 6.07) is 11.4. The van der Waals surface area contributed by atoms with Gasteiger partial charge in [0.25, 0.3) is 0 Å². The lowest BCUT2D eigenvalue weighted by molar-refractivity contribution is -0.148. The standard InChI is InChI=1S/C20H19NO5S2/c1-24-17(20(22)23)12-13-2-4-14(5-3-13)25-9-8-21-18-15(6-10-27-18)26-16-7-11-28-19(16)21/h2-7,10-11,17H,8-9,12H2,1H3,(H,22,23). The molecule has 1 N–H and O–H groups in total. The molecule has 3 aromatic rings. The normalized spacial score (nSPS) is 13.4. The largest absolute Gasteiger partial charge is 0.492 e. The van der Waals surface area contributed by atoms with Crippen LogP contribution < -0.4 is 14.4 Å². The van der Waals surface area contributed by atoms with Gasteiger partial charge in [0.1, 0.15) is 22.4 Å². The van der Waals surface area contributed by atoms with Crippen molar-refractivity contribution < 1.29 is 24.1 Å². The van der Waals surface area contributed by atoms with E-state index in [4.69, 9.17) is 19.3 Å². The van der Waals surface area contributed by atoms with Gasteiger partial charge in [-0.05, 0) is 40.6 Å². The number of ether oxygens (including phenoxy) is 3. The summed E-state index contributed by atoms with van der Waals surface area (Å²) in [5.74, 6) is 1.55. The number of anilines is 2. The molecule has 4 rings (SSSR count). The van der Waals surface area contributed by atoms with Crippen LogP contribution in [0.1, 0.15) is 5.56 Å². The first kappa shape index (κ1) is 18.8. The fraction of sp³-hybridized carbons (Fsp3) is 0.250. The predicted octanol–water partition coefficient (Wildman–Crippen LogP) is 4.77. The maximum atomic E-state index is 11.1. The number of thiophene rings is 2.